The molecule has 1 nitrogen and oxygen atoms in total. The van der Waals surface area contributed by atoms with Crippen LogP contribution < -0.4 is 0 Å². The van der Waals surface area contributed by atoms with E-state index in [2.05, 4.69) is 0 Å². The molecule has 1 rings (SSSR count). The maximum atomic E-state index is 11.4. The zero-order valence-electron chi connectivity index (χ0n) is 7.09. The molecule has 1 aromatic carbocycles. The minimum absolute atomic E-state index is 0.100. The molecule has 0 aliphatic heterocycles. The molecule has 0 atom stereocenters. The van der Waals surface area contributed by atoms with Crippen LogP contribution in [0.5, 0.6) is 0 Å². The lowest BCUT2D eigenvalue weighted by molar-refractivity contribution is 0.0982. The van der Waals surface area contributed by atoms with Gasteiger partial charge in [0.05, 0.1) is 0 Å². The van der Waals surface area contributed by atoms with Crippen LogP contribution in [-0.2, 0) is 0 Å². The van der Waals surface area contributed by atoms with E-state index in [1.54, 1.807) is 24.3 Å². The number of carbonyl (C=O) groups excluding carboxylic acids is 1. The van der Waals surface area contributed by atoms with Crippen molar-refractivity contribution in [2.75, 3.05) is 5.88 Å². The van der Waals surface area contributed by atoms with Crippen LogP contribution in [0.15, 0.2) is 24.3 Å². The first-order valence-corrected chi connectivity index (χ1v) is 5.00. The van der Waals surface area contributed by atoms with Crippen LogP contribution in [0, 0.1) is 0 Å². The summed E-state index contributed by atoms with van der Waals surface area (Å²) < 4.78 is 0. The number of rotatable bonds is 4. The Hall–Kier alpha value is -0.530. The molecule has 0 spiro atoms. The van der Waals surface area contributed by atoms with Crippen molar-refractivity contribution < 1.29 is 4.79 Å². The Kier molecular flexibility index (Phi) is 4.26. The number of ketones is 1. The molecule has 0 heterocycles. The van der Waals surface area contributed by atoms with E-state index in [1.165, 1.54) is 0 Å². The third-order valence-corrected chi connectivity index (χ3v) is 2.19. The predicted octanol–water partition coefficient (Wildman–Crippen LogP) is 3.54. The molecule has 3 heteroatoms. The maximum absolute atomic E-state index is 11.4. The summed E-state index contributed by atoms with van der Waals surface area (Å²) in [4.78, 5) is 11.4. The Morgan fingerprint density at radius 1 is 1.38 bits per heavy atom. The molecule has 13 heavy (non-hydrogen) atoms. The fourth-order valence-corrected chi connectivity index (χ4v) is 1.36. The third kappa shape index (κ3) is 3.37. The minimum Gasteiger partial charge on any atom is -0.294 e. The average molecular weight is 217 g/mol. The van der Waals surface area contributed by atoms with E-state index in [0.717, 1.165) is 0 Å². The van der Waals surface area contributed by atoms with Gasteiger partial charge in [-0.15, -0.1) is 11.6 Å². The predicted molar refractivity (Wildman–Crippen MR) is 55.7 cm³/mol. The summed E-state index contributed by atoms with van der Waals surface area (Å²) in [5.74, 6) is 0.620. The van der Waals surface area contributed by atoms with Crippen LogP contribution in [0.25, 0.3) is 0 Å². The van der Waals surface area contributed by atoms with Gasteiger partial charge in [0.25, 0.3) is 0 Å². The molecule has 0 aliphatic rings. The van der Waals surface area contributed by atoms with E-state index in [9.17, 15) is 4.79 Å². The van der Waals surface area contributed by atoms with Crippen LogP contribution in [0.3, 0.4) is 0 Å². The van der Waals surface area contributed by atoms with E-state index in [0.29, 0.717) is 29.3 Å². The Balaban J connectivity index is 2.66. The molecule has 0 unspecified atom stereocenters. The first kappa shape index (κ1) is 10.6. The number of benzene rings is 1. The molecule has 0 bridgehead atoms. The van der Waals surface area contributed by atoms with Gasteiger partial charge in [0.2, 0.25) is 0 Å². The van der Waals surface area contributed by atoms with Gasteiger partial charge in [-0.2, -0.15) is 0 Å². The van der Waals surface area contributed by atoms with Gasteiger partial charge in [-0.05, 0) is 18.6 Å². The highest BCUT2D eigenvalue weighted by molar-refractivity contribution is 6.31. The van der Waals surface area contributed by atoms with Crippen molar-refractivity contribution >= 4 is 29.0 Å². The zero-order valence-corrected chi connectivity index (χ0v) is 8.61. The smallest absolute Gasteiger partial charge is 0.162 e. The maximum Gasteiger partial charge on any atom is 0.162 e. The van der Waals surface area contributed by atoms with E-state index in [4.69, 9.17) is 23.2 Å². The van der Waals surface area contributed by atoms with Crippen LogP contribution in [0.4, 0.5) is 0 Å². The molecular formula is C10H10Cl2O. The van der Waals surface area contributed by atoms with Crippen molar-refractivity contribution in [1.82, 2.24) is 0 Å². The lowest BCUT2D eigenvalue weighted by atomic mass is 10.1. The molecule has 0 saturated heterocycles. The summed E-state index contributed by atoms with van der Waals surface area (Å²) in [7, 11) is 0. The highest BCUT2D eigenvalue weighted by atomic mass is 35.5. The quantitative estimate of drug-likeness (QED) is 0.556. The molecule has 70 valence electrons. The largest absolute Gasteiger partial charge is 0.294 e. The second-order valence-corrected chi connectivity index (χ2v) is 3.54. The van der Waals surface area contributed by atoms with Gasteiger partial charge in [-0.25, -0.2) is 0 Å². The van der Waals surface area contributed by atoms with Crippen LogP contribution in [-0.4, -0.2) is 11.7 Å². The third-order valence-electron chi connectivity index (χ3n) is 1.68. The number of alkyl halides is 1. The van der Waals surface area contributed by atoms with E-state index >= 15 is 0 Å². The second kappa shape index (κ2) is 5.25. The summed E-state index contributed by atoms with van der Waals surface area (Å²) in [6.45, 7) is 0. The number of Topliss-reactive ketones (excluding diaryl/α,β-unsaturated/α-hetero) is 1. The minimum atomic E-state index is 0.100. The monoisotopic (exact) mass is 216 g/mol. The van der Waals surface area contributed by atoms with E-state index in [-0.39, 0.29) is 5.78 Å². The van der Waals surface area contributed by atoms with Crippen molar-refractivity contribution in [1.29, 1.82) is 0 Å². The highest BCUT2D eigenvalue weighted by Crippen LogP contribution is 2.13. The van der Waals surface area contributed by atoms with Crippen molar-refractivity contribution in [3.8, 4) is 0 Å². The molecule has 0 amide bonds. The topological polar surface area (TPSA) is 17.1 Å². The Morgan fingerprint density at radius 3 is 2.77 bits per heavy atom. The lowest BCUT2D eigenvalue weighted by Gasteiger charge is -1.99. The van der Waals surface area contributed by atoms with Gasteiger partial charge in [-0.1, -0.05) is 23.7 Å². The highest BCUT2D eigenvalue weighted by Gasteiger charge is 2.04. The number of carbonyl (C=O) groups is 1. The van der Waals surface area contributed by atoms with Crippen molar-refractivity contribution in [3.63, 3.8) is 0 Å². The van der Waals surface area contributed by atoms with Crippen molar-refractivity contribution in [3.05, 3.63) is 34.9 Å². The molecule has 1 aromatic rings. The summed E-state index contributed by atoms with van der Waals surface area (Å²) >= 11 is 11.2. The summed E-state index contributed by atoms with van der Waals surface area (Å²) in [5.41, 5.74) is 0.664. The molecule has 0 saturated carbocycles. The lowest BCUT2D eigenvalue weighted by Crippen LogP contribution is -1.98. The van der Waals surface area contributed by atoms with Gasteiger partial charge in [0, 0.05) is 22.9 Å². The molecule has 0 N–H and O–H groups in total. The summed E-state index contributed by atoms with van der Waals surface area (Å²) in [5, 5.41) is 0.594. The van der Waals surface area contributed by atoms with E-state index < -0.39 is 0 Å². The van der Waals surface area contributed by atoms with Gasteiger partial charge >= 0.3 is 0 Å². The van der Waals surface area contributed by atoms with Gasteiger partial charge in [0.1, 0.15) is 0 Å². The Bertz CT molecular complexity index is 297. The second-order valence-electron chi connectivity index (χ2n) is 2.73. The summed E-state index contributed by atoms with van der Waals surface area (Å²) in [6.07, 6.45) is 1.21. The fourth-order valence-electron chi connectivity index (χ4n) is 1.03. The van der Waals surface area contributed by atoms with Crippen molar-refractivity contribution in [2.45, 2.75) is 12.8 Å². The molecule has 0 fully saturated rings. The first-order chi connectivity index (χ1) is 6.24. The number of hydrogen-bond acceptors (Lipinski definition) is 1. The fraction of sp³-hybridized carbons (Fsp3) is 0.300. The molecular weight excluding hydrogens is 207 g/mol. The summed E-state index contributed by atoms with van der Waals surface area (Å²) in [6, 6.07) is 6.97. The van der Waals surface area contributed by atoms with Crippen LogP contribution in [0.1, 0.15) is 23.2 Å². The molecule has 0 aliphatic carbocycles. The first-order valence-electron chi connectivity index (χ1n) is 4.09. The normalized spacial score (nSPS) is 10.0. The van der Waals surface area contributed by atoms with E-state index in [1.807, 2.05) is 0 Å². The average Bonchev–Trinajstić information content (AvgIpc) is 2.14. The standard InChI is InChI=1S/C10H10Cl2O/c11-6-2-5-10(13)8-3-1-4-9(12)7-8/h1,3-4,7H,2,5-6H2. The van der Waals surface area contributed by atoms with Gasteiger partial charge in [-0.3, -0.25) is 4.79 Å². The Morgan fingerprint density at radius 2 is 2.15 bits per heavy atom. The van der Waals surface area contributed by atoms with Crippen LogP contribution in [0.2, 0.25) is 5.02 Å². The number of halogens is 2. The molecule has 0 radical (unpaired) electrons. The molecule has 0 aromatic heterocycles. The zero-order chi connectivity index (χ0) is 9.68. The van der Waals surface area contributed by atoms with Crippen LogP contribution >= 0.6 is 23.2 Å². The Labute approximate surface area is 87.7 Å². The van der Waals surface area contributed by atoms with Crippen molar-refractivity contribution in [2.24, 2.45) is 0 Å². The SMILES string of the molecule is O=C(CCCCl)c1cccc(Cl)c1. The number of hydrogen-bond donors (Lipinski definition) is 0. The van der Waals surface area contributed by atoms with Gasteiger partial charge < -0.3 is 0 Å². The van der Waals surface area contributed by atoms with Gasteiger partial charge in [0.15, 0.2) is 5.78 Å².